The summed E-state index contributed by atoms with van der Waals surface area (Å²) in [6.07, 6.45) is 0. The van der Waals surface area contributed by atoms with Crippen LogP contribution in [0, 0.1) is 6.92 Å². The average Bonchev–Trinajstić information content (AvgIpc) is 2.37. The predicted octanol–water partition coefficient (Wildman–Crippen LogP) is 2.28. The molecule has 5 nitrogen and oxygen atoms in total. The van der Waals surface area contributed by atoms with Gasteiger partial charge >= 0.3 is 5.97 Å². The normalized spacial score (nSPS) is 10.2. The van der Waals surface area contributed by atoms with Gasteiger partial charge in [0, 0.05) is 5.69 Å². The topological polar surface area (TPSA) is 88.2 Å². The zero-order valence-electron chi connectivity index (χ0n) is 10.6. The van der Waals surface area contributed by atoms with Crippen LogP contribution < -0.4 is 11.1 Å². The summed E-state index contributed by atoms with van der Waals surface area (Å²) >= 11 is 0. The van der Waals surface area contributed by atoms with Crippen molar-refractivity contribution in [2.45, 2.75) is 13.5 Å². The van der Waals surface area contributed by atoms with E-state index in [1.807, 2.05) is 25.1 Å². The molecule has 0 saturated carbocycles. The molecule has 0 aliphatic heterocycles. The largest absolute Gasteiger partial charge is 0.478 e. The number of nitrogens with two attached hydrogens (primary N) is 1. The van der Waals surface area contributed by atoms with Gasteiger partial charge < -0.3 is 16.2 Å². The van der Waals surface area contributed by atoms with Gasteiger partial charge in [-0.1, -0.05) is 12.1 Å². The maximum atomic E-state index is 11.1. The molecule has 0 bridgehead atoms. The number of aryl methyl sites for hydroxylation is 1. The van der Waals surface area contributed by atoms with E-state index in [1.54, 1.807) is 12.1 Å². The number of carboxylic acid groups (broad SMARTS) is 1. The molecule has 19 heavy (non-hydrogen) atoms. The Hall–Kier alpha value is -2.56. The van der Waals surface area contributed by atoms with Gasteiger partial charge in [0.1, 0.15) is 0 Å². The van der Waals surface area contributed by atoms with Crippen LogP contribution in [0.4, 0.5) is 11.4 Å². The van der Waals surface area contributed by atoms with Gasteiger partial charge in [0.2, 0.25) is 0 Å². The highest BCUT2D eigenvalue weighted by atomic mass is 16.4. The number of benzene rings is 1. The molecular formula is C14H15N3O2. The summed E-state index contributed by atoms with van der Waals surface area (Å²) in [5.41, 5.74) is 8.55. The predicted molar refractivity (Wildman–Crippen MR) is 74.1 cm³/mol. The first-order valence-corrected chi connectivity index (χ1v) is 5.86. The van der Waals surface area contributed by atoms with E-state index in [4.69, 9.17) is 10.8 Å². The fourth-order valence-electron chi connectivity index (χ4n) is 1.82. The van der Waals surface area contributed by atoms with Crippen molar-refractivity contribution in [3.05, 3.63) is 53.3 Å². The van der Waals surface area contributed by atoms with Gasteiger partial charge in [-0.2, -0.15) is 0 Å². The van der Waals surface area contributed by atoms with E-state index < -0.39 is 5.97 Å². The third kappa shape index (κ3) is 3.01. The lowest BCUT2D eigenvalue weighted by atomic mass is 10.1. The number of anilines is 2. The Balaban J connectivity index is 2.22. The molecule has 0 radical (unpaired) electrons. The molecule has 0 amide bonds. The van der Waals surface area contributed by atoms with Crippen LogP contribution in [0.1, 0.15) is 21.7 Å². The Morgan fingerprint density at radius 1 is 1.32 bits per heavy atom. The summed E-state index contributed by atoms with van der Waals surface area (Å²) in [7, 11) is 0. The summed E-state index contributed by atoms with van der Waals surface area (Å²) in [6.45, 7) is 2.33. The molecule has 1 heterocycles. The fourth-order valence-corrected chi connectivity index (χ4v) is 1.82. The van der Waals surface area contributed by atoms with Crippen LogP contribution in [0.2, 0.25) is 0 Å². The van der Waals surface area contributed by atoms with Gasteiger partial charge in [-0.25, -0.2) is 4.79 Å². The van der Waals surface area contributed by atoms with Crippen LogP contribution in [0.5, 0.6) is 0 Å². The Bertz CT molecular complexity index is 611. The molecule has 4 N–H and O–H groups in total. The molecule has 0 aliphatic rings. The Morgan fingerprint density at radius 2 is 2.05 bits per heavy atom. The third-order valence-electron chi connectivity index (χ3n) is 2.72. The number of carboxylic acids is 1. The molecule has 1 aromatic carbocycles. The number of pyridine rings is 1. The number of nitrogens with one attached hydrogen (secondary N) is 1. The van der Waals surface area contributed by atoms with Gasteiger partial charge in [-0.15, -0.1) is 0 Å². The smallest absolute Gasteiger partial charge is 0.337 e. The van der Waals surface area contributed by atoms with Crippen LogP contribution in [0.3, 0.4) is 0 Å². The van der Waals surface area contributed by atoms with E-state index in [9.17, 15) is 4.79 Å². The first kappa shape index (κ1) is 12.9. The monoisotopic (exact) mass is 257 g/mol. The summed E-state index contributed by atoms with van der Waals surface area (Å²) < 4.78 is 0. The van der Waals surface area contributed by atoms with E-state index in [0.29, 0.717) is 17.9 Å². The highest BCUT2D eigenvalue weighted by Gasteiger charge is 2.12. The zero-order valence-corrected chi connectivity index (χ0v) is 10.6. The first-order chi connectivity index (χ1) is 9.08. The molecule has 0 spiro atoms. The SMILES string of the molecule is Cc1cccc(CNc2c(N)cccc2C(=O)O)n1. The average molecular weight is 257 g/mol. The van der Waals surface area contributed by atoms with Crippen LogP contribution in [-0.2, 0) is 6.54 Å². The molecule has 5 heteroatoms. The minimum atomic E-state index is -1.01. The number of hydrogen-bond acceptors (Lipinski definition) is 4. The van der Waals surface area contributed by atoms with Crippen LogP contribution in [0.25, 0.3) is 0 Å². The molecule has 0 saturated heterocycles. The van der Waals surface area contributed by atoms with Crippen LogP contribution in [0.15, 0.2) is 36.4 Å². The lowest BCUT2D eigenvalue weighted by molar-refractivity contribution is 0.0698. The number of nitrogens with zero attached hydrogens (tertiary/aromatic N) is 1. The second kappa shape index (κ2) is 5.39. The number of carbonyl (C=O) groups is 1. The van der Waals surface area contributed by atoms with Gasteiger partial charge in [0.25, 0.3) is 0 Å². The quantitative estimate of drug-likeness (QED) is 0.731. The van der Waals surface area contributed by atoms with Crippen molar-refractivity contribution >= 4 is 17.3 Å². The maximum Gasteiger partial charge on any atom is 0.337 e. The lowest BCUT2D eigenvalue weighted by Gasteiger charge is -2.12. The highest BCUT2D eigenvalue weighted by molar-refractivity contribution is 5.97. The fraction of sp³-hybridized carbons (Fsp3) is 0.143. The van der Waals surface area contributed by atoms with Gasteiger partial charge in [0.05, 0.1) is 29.2 Å². The van der Waals surface area contributed by atoms with Crippen molar-refractivity contribution in [1.82, 2.24) is 4.98 Å². The molecular weight excluding hydrogens is 242 g/mol. The molecule has 0 unspecified atom stereocenters. The van der Waals surface area contributed by atoms with E-state index in [1.165, 1.54) is 6.07 Å². The highest BCUT2D eigenvalue weighted by Crippen LogP contribution is 2.24. The van der Waals surface area contributed by atoms with Crippen molar-refractivity contribution in [2.24, 2.45) is 0 Å². The second-order valence-corrected chi connectivity index (χ2v) is 4.20. The zero-order chi connectivity index (χ0) is 13.8. The van der Waals surface area contributed by atoms with Gasteiger partial charge in [-0.3, -0.25) is 4.98 Å². The summed E-state index contributed by atoms with van der Waals surface area (Å²) in [6, 6.07) is 10.5. The van der Waals surface area contributed by atoms with Crippen molar-refractivity contribution in [3.63, 3.8) is 0 Å². The Kier molecular flexibility index (Phi) is 3.66. The molecule has 0 atom stereocenters. The molecule has 0 aliphatic carbocycles. The number of nitrogen functional groups attached to an aromatic ring is 1. The van der Waals surface area contributed by atoms with Crippen LogP contribution >= 0.6 is 0 Å². The number of aromatic nitrogens is 1. The van der Waals surface area contributed by atoms with Crippen molar-refractivity contribution in [3.8, 4) is 0 Å². The Morgan fingerprint density at radius 3 is 2.74 bits per heavy atom. The first-order valence-electron chi connectivity index (χ1n) is 5.86. The minimum Gasteiger partial charge on any atom is -0.478 e. The maximum absolute atomic E-state index is 11.1. The summed E-state index contributed by atoms with van der Waals surface area (Å²) in [4.78, 5) is 15.5. The molecule has 98 valence electrons. The number of aromatic carboxylic acids is 1. The van der Waals surface area contributed by atoms with E-state index in [0.717, 1.165) is 11.4 Å². The van der Waals surface area contributed by atoms with E-state index in [2.05, 4.69) is 10.3 Å². The number of rotatable bonds is 4. The van der Waals surface area contributed by atoms with Gasteiger partial charge in [0.15, 0.2) is 0 Å². The van der Waals surface area contributed by atoms with Crippen molar-refractivity contribution in [1.29, 1.82) is 0 Å². The van der Waals surface area contributed by atoms with E-state index in [-0.39, 0.29) is 5.56 Å². The van der Waals surface area contributed by atoms with Gasteiger partial charge in [-0.05, 0) is 31.2 Å². The summed E-state index contributed by atoms with van der Waals surface area (Å²) in [5.74, 6) is -1.01. The molecule has 1 aromatic heterocycles. The third-order valence-corrected chi connectivity index (χ3v) is 2.72. The number of para-hydroxylation sites is 1. The number of hydrogen-bond donors (Lipinski definition) is 3. The molecule has 0 fully saturated rings. The van der Waals surface area contributed by atoms with E-state index >= 15 is 0 Å². The minimum absolute atomic E-state index is 0.160. The Labute approximate surface area is 111 Å². The lowest BCUT2D eigenvalue weighted by Crippen LogP contribution is -2.09. The van der Waals surface area contributed by atoms with Crippen molar-refractivity contribution in [2.75, 3.05) is 11.1 Å². The summed E-state index contributed by atoms with van der Waals surface area (Å²) in [5, 5.41) is 12.2. The van der Waals surface area contributed by atoms with Crippen molar-refractivity contribution < 1.29 is 9.90 Å². The molecule has 2 aromatic rings. The molecule has 2 rings (SSSR count). The second-order valence-electron chi connectivity index (χ2n) is 4.20. The van der Waals surface area contributed by atoms with Crippen LogP contribution in [-0.4, -0.2) is 16.1 Å². The standard InChI is InChI=1S/C14H15N3O2/c1-9-4-2-5-10(17-9)8-16-13-11(14(18)19)6-3-7-12(13)15/h2-7,16H,8,15H2,1H3,(H,18,19).